The van der Waals surface area contributed by atoms with Crippen molar-refractivity contribution in [3.63, 3.8) is 0 Å². The van der Waals surface area contributed by atoms with E-state index in [1.807, 2.05) is 4.90 Å². The number of nitro benzene ring substituents is 1. The van der Waals surface area contributed by atoms with Crippen molar-refractivity contribution < 1.29 is 13.3 Å². The number of hydrogen-bond acceptors (Lipinski definition) is 5. The van der Waals surface area contributed by atoms with Crippen molar-refractivity contribution in [2.24, 2.45) is 16.5 Å². The van der Waals surface area contributed by atoms with Crippen molar-refractivity contribution in [3.05, 3.63) is 28.3 Å². The van der Waals surface area contributed by atoms with E-state index in [1.165, 1.54) is 24.6 Å². The van der Waals surface area contributed by atoms with E-state index in [2.05, 4.69) is 6.92 Å². The molecule has 1 aromatic carbocycles. The highest BCUT2D eigenvalue weighted by atomic mass is 32.2. The van der Waals surface area contributed by atoms with E-state index in [0.717, 1.165) is 25.8 Å². The van der Waals surface area contributed by atoms with Gasteiger partial charge in [0.2, 0.25) is 10.0 Å². The van der Waals surface area contributed by atoms with E-state index in [-0.39, 0.29) is 16.0 Å². The van der Waals surface area contributed by atoms with Gasteiger partial charge in [0.05, 0.1) is 10.6 Å². The summed E-state index contributed by atoms with van der Waals surface area (Å²) in [5, 5.41) is 16.3. The zero-order valence-corrected chi connectivity index (χ0v) is 13.9. The monoisotopic (exact) mass is 339 g/mol. The Bertz CT molecular complexity index is 749. The maximum atomic E-state index is 11.8. The molecular formula is C15H21N3O4S. The third-order valence-electron chi connectivity index (χ3n) is 5.19. The van der Waals surface area contributed by atoms with Crippen molar-refractivity contribution in [2.75, 3.05) is 18.0 Å². The largest absolute Gasteiger partial charge is 0.370 e. The molecule has 1 saturated heterocycles. The van der Waals surface area contributed by atoms with Crippen LogP contribution >= 0.6 is 0 Å². The molecule has 0 amide bonds. The van der Waals surface area contributed by atoms with Crippen LogP contribution in [0.3, 0.4) is 0 Å². The molecule has 8 heteroatoms. The molecule has 2 fully saturated rings. The normalized spacial score (nSPS) is 27.7. The molecule has 1 aliphatic heterocycles. The van der Waals surface area contributed by atoms with Gasteiger partial charge in [0.1, 0.15) is 4.90 Å². The van der Waals surface area contributed by atoms with E-state index in [0.29, 0.717) is 18.2 Å². The molecule has 2 aliphatic rings. The number of hydrogen-bond donors (Lipinski definition) is 1. The van der Waals surface area contributed by atoms with Crippen molar-refractivity contribution in [1.29, 1.82) is 0 Å². The van der Waals surface area contributed by atoms with Gasteiger partial charge in [0, 0.05) is 25.2 Å². The fourth-order valence-electron chi connectivity index (χ4n) is 4.11. The van der Waals surface area contributed by atoms with Crippen LogP contribution in [0.2, 0.25) is 0 Å². The minimum Gasteiger partial charge on any atom is -0.370 e. The van der Waals surface area contributed by atoms with Gasteiger partial charge in [-0.3, -0.25) is 10.1 Å². The molecule has 1 spiro atoms. The first-order valence-corrected chi connectivity index (χ1v) is 9.31. The number of nitro groups is 1. The van der Waals surface area contributed by atoms with Crippen molar-refractivity contribution in [2.45, 2.75) is 37.5 Å². The molecule has 2 N–H and O–H groups in total. The van der Waals surface area contributed by atoms with E-state index >= 15 is 0 Å². The number of sulfonamides is 1. The number of benzene rings is 1. The Morgan fingerprint density at radius 2 is 2.13 bits per heavy atom. The smallest absolute Gasteiger partial charge is 0.271 e. The maximum absolute atomic E-state index is 11.8. The second-order valence-corrected chi connectivity index (χ2v) is 8.50. The highest BCUT2D eigenvalue weighted by molar-refractivity contribution is 7.89. The Morgan fingerprint density at radius 3 is 2.70 bits per heavy atom. The summed E-state index contributed by atoms with van der Waals surface area (Å²) in [5.74, 6) is 0.678. The zero-order valence-electron chi connectivity index (χ0n) is 13.1. The topological polar surface area (TPSA) is 107 Å². The molecule has 2 unspecified atom stereocenters. The number of non-ortho nitro benzene ring substituents is 1. The van der Waals surface area contributed by atoms with E-state index in [9.17, 15) is 18.5 Å². The van der Waals surface area contributed by atoms with Crippen molar-refractivity contribution in [1.82, 2.24) is 0 Å². The second kappa shape index (κ2) is 5.45. The molecule has 126 valence electrons. The first kappa shape index (κ1) is 16.2. The van der Waals surface area contributed by atoms with Crippen LogP contribution in [0.5, 0.6) is 0 Å². The van der Waals surface area contributed by atoms with E-state index in [1.54, 1.807) is 0 Å². The van der Waals surface area contributed by atoms with Gasteiger partial charge in [-0.25, -0.2) is 13.6 Å². The summed E-state index contributed by atoms with van der Waals surface area (Å²) >= 11 is 0. The van der Waals surface area contributed by atoms with Crippen LogP contribution in [-0.2, 0) is 10.0 Å². The number of anilines is 1. The summed E-state index contributed by atoms with van der Waals surface area (Å²) in [6.45, 7) is 3.68. The predicted octanol–water partition coefficient (Wildman–Crippen LogP) is 2.26. The zero-order chi connectivity index (χ0) is 16.8. The summed E-state index contributed by atoms with van der Waals surface area (Å²) in [5.41, 5.74) is 0.450. The quantitative estimate of drug-likeness (QED) is 0.671. The Morgan fingerprint density at radius 1 is 1.39 bits per heavy atom. The molecule has 1 aromatic rings. The van der Waals surface area contributed by atoms with Gasteiger partial charge in [0.25, 0.3) is 5.69 Å². The molecule has 1 saturated carbocycles. The fourth-order valence-corrected chi connectivity index (χ4v) is 4.85. The summed E-state index contributed by atoms with van der Waals surface area (Å²) < 4.78 is 23.7. The number of rotatable bonds is 3. The van der Waals surface area contributed by atoms with Gasteiger partial charge in [0.15, 0.2) is 0 Å². The highest BCUT2D eigenvalue weighted by Crippen LogP contribution is 2.49. The standard InChI is InChI=1S/C15H21N3O4S/c1-11-4-5-15(9-11)6-7-17(10-15)13-8-12(18(19)20)2-3-14(13)23(16,21)22/h2-3,8,11H,4-7,9-10H2,1H3,(H2,16,21,22). The molecule has 3 rings (SSSR count). The van der Waals surface area contributed by atoms with Crippen LogP contribution in [0, 0.1) is 21.4 Å². The lowest BCUT2D eigenvalue weighted by Crippen LogP contribution is -2.27. The SMILES string of the molecule is CC1CCC2(CCN(c3cc([N+](=O)[O-])ccc3S(N)(=O)=O)C2)C1. The summed E-state index contributed by atoms with van der Waals surface area (Å²) in [6, 6.07) is 3.76. The fraction of sp³-hybridized carbons (Fsp3) is 0.600. The molecule has 0 bridgehead atoms. The second-order valence-electron chi connectivity index (χ2n) is 6.97. The third-order valence-corrected chi connectivity index (χ3v) is 6.15. The van der Waals surface area contributed by atoms with Gasteiger partial charge in [-0.15, -0.1) is 0 Å². The predicted molar refractivity (Wildman–Crippen MR) is 86.7 cm³/mol. The Balaban J connectivity index is 1.98. The molecule has 2 atom stereocenters. The van der Waals surface area contributed by atoms with Crippen LogP contribution in [0.25, 0.3) is 0 Å². The molecule has 1 aliphatic carbocycles. The Labute approximate surface area is 135 Å². The molecule has 23 heavy (non-hydrogen) atoms. The summed E-state index contributed by atoms with van der Waals surface area (Å²) in [6.07, 6.45) is 4.43. The number of nitrogens with zero attached hydrogens (tertiary/aromatic N) is 2. The lowest BCUT2D eigenvalue weighted by atomic mass is 9.85. The third kappa shape index (κ3) is 3.05. The van der Waals surface area contributed by atoms with Gasteiger partial charge in [-0.05, 0) is 36.7 Å². The highest BCUT2D eigenvalue weighted by Gasteiger charge is 2.43. The van der Waals surface area contributed by atoms with Crippen LogP contribution in [0.1, 0.15) is 32.6 Å². The Kier molecular flexibility index (Phi) is 3.84. The summed E-state index contributed by atoms with van der Waals surface area (Å²) in [4.78, 5) is 12.4. The van der Waals surface area contributed by atoms with Gasteiger partial charge < -0.3 is 4.90 Å². The van der Waals surface area contributed by atoms with Gasteiger partial charge in [-0.2, -0.15) is 0 Å². The average Bonchev–Trinajstić information content (AvgIpc) is 3.04. The minimum atomic E-state index is -3.92. The molecular weight excluding hydrogens is 318 g/mol. The van der Waals surface area contributed by atoms with Crippen LogP contribution in [0.15, 0.2) is 23.1 Å². The van der Waals surface area contributed by atoms with Crippen molar-refractivity contribution >= 4 is 21.4 Å². The summed E-state index contributed by atoms with van der Waals surface area (Å²) in [7, 11) is -3.92. The first-order valence-electron chi connectivity index (χ1n) is 7.76. The lowest BCUT2D eigenvalue weighted by Gasteiger charge is -2.26. The Hall–Kier alpha value is -1.67. The molecule has 0 aromatic heterocycles. The van der Waals surface area contributed by atoms with Crippen LogP contribution < -0.4 is 10.0 Å². The molecule has 7 nitrogen and oxygen atoms in total. The van der Waals surface area contributed by atoms with Gasteiger partial charge in [-0.1, -0.05) is 13.3 Å². The average molecular weight is 339 g/mol. The van der Waals surface area contributed by atoms with Crippen LogP contribution in [0.4, 0.5) is 11.4 Å². The van der Waals surface area contributed by atoms with E-state index in [4.69, 9.17) is 5.14 Å². The van der Waals surface area contributed by atoms with E-state index < -0.39 is 14.9 Å². The van der Waals surface area contributed by atoms with Gasteiger partial charge >= 0.3 is 0 Å². The molecule has 0 radical (unpaired) electrons. The first-order chi connectivity index (χ1) is 10.7. The number of primary sulfonamides is 1. The molecule has 1 heterocycles. The van der Waals surface area contributed by atoms with Crippen molar-refractivity contribution in [3.8, 4) is 0 Å². The van der Waals surface area contributed by atoms with Crippen LogP contribution in [-0.4, -0.2) is 26.4 Å². The minimum absolute atomic E-state index is 0.0359. The maximum Gasteiger partial charge on any atom is 0.271 e. The lowest BCUT2D eigenvalue weighted by molar-refractivity contribution is -0.384. The number of nitrogens with two attached hydrogens (primary N) is 1.